The Hall–Kier alpha value is -13.2. The first-order valence-corrected chi connectivity index (χ1v) is 39.2. The van der Waals surface area contributed by atoms with Gasteiger partial charge in [-0.05, 0) is 177 Å². The summed E-state index contributed by atoms with van der Waals surface area (Å²) in [6, 6.07) is 154. The van der Waals surface area contributed by atoms with Gasteiger partial charge in [-0.1, -0.05) is 297 Å². The highest BCUT2D eigenvalue weighted by Crippen LogP contribution is 2.78. The average Bonchev–Trinajstić information content (AvgIpc) is 0.890. The molecule has 106 heavy (non-hydrogen) atoms. The van der Waals surface area contributed by atoms with Crippen molar-refractivity contribution in [3.63, 3.8) is 0 Å². The summed E-state index contributed by atoms with van der Waals surface area (Å²) in [5.74, 6) is 1.51. The number of nitrogens with zero attached hydrogens (tertiary/aromatic N) is 5. The van der Waals surface area contributed by atoms with Crippen LogP contribution in [0.25, 0.3) is 123 Å². The topological polar surface area (TPSA) is 48.5 Å². The summed E-state index contributed by atoms with van der Waals surface area (Å²) in [5.41, 5.74) is 16.1. The highest BCUT2D eigenvalue weighted by atomic mass is 32.3. The lowest BCUT2D eigenvalue weighted by molar-refractivity contribution is 0.892. The highest BCUT2D eigenvalue weighted by molar-refractivity contribution is 8.34. The number of hydrogen-bond acceptors (Lipinski definition) is 3. The summed E-state index contributed by atoms with van der Waals surface area (Å²) >= 11 is 0. The smallest absolute Gasteiger partial charge is 0.240 e. The Balaban J connectivity index is 1.00. The summed E-state index contributed by atoms with van der Waals surface area (Å²) in [7, 11) is -5.30. The Morgan fingerprint density at radius 3 is 0.755 bits per heavy atom. The molecule has 0 amide bonds. The van der Waals surface area contributed by atoms with Crippen LogP contribution < -0.4 is 0 Å². The van der Waals surface area contributed by atoms with Gasteiger partial charge < -0.3 is 0 Å². The molecule has 3 aromatic heterocycles. The van der Waals surface area contributed by atoms with Crippen LogP contribution in [0.2, 0.25) is 0 Å². The largest absolute Gasteiger partial charge is 0.278 e. The van der Waals surface area contributed by atoms with E-state index >= 15 is 0 Å². The minimum atomic E-state index is -2.65. The molecule has 0 spiro atoms. The van der Waals surface area contributed by atoms with Gasteiger partial charge >= 0.3 is 0 Å². The summed E-state index contributed by atoms with van der Waals surface area (Å²) in [6.07, 6.45) is 0. The van der Waals surface area contributed by atoms with Crippen molar-refractivity contribution in [3.05, 3.63) is 419 Å². The molecule has 0 bridgehead atoms. The summed E-state index contributed by atoms with van der Waals surface area (Å²) < 4.78 is 4.51. The SMILES string of the molecule is c1ccc(-c2cccc(S(c3ccccc3)(c3cccc(-c4ccccc4)c3)c3cc(-c4nc(-n5c6ccccc6c6ccccc65)nc(-n5c6ccccc6c6cc(-c7ccccc7)ccc65)n4)cc(S(c4ccccc4)(c4cccc(-c5ccccc5)c4)c4cccc(-c5ccccc5)c4)c3)c2)cc1. The number of rotatable bonds is 16. The van der Waals surface area contributed by atoms with Crippen molar-refractivity contribution >= 4 is 63.7 Å². The Labute approximate surface area is 620 Å². The number of benzene rings is 16. The molecule has 0 fully saturated rings. The monoisotopic (exact) mass is 1390 g/mol. The molecule has 0 unspecified atom stereocenters. The van der Waals surface area contributed by atoms with E-state index in [1.807, 2.05) is 0 Å². The zero-order valence-corrected chi connectivity index (χ0v) is 59.5. The van der Waals surface area contributed by atoms with Crippen LogP contribution >= 0.6 is 20.1 Å². The molecule has 0 saturated heterocycles. The lowest BCUT2D eigenvalue weighted by Crippen LogP contribution is -2.12. The second-order valence-corrected chi connectivity index (χ2v) is 32.9. The number of para-hydroxylation sites is 3. The van der Waals surface area contributed by atoms with E-state index in [1.165, 1.54) is 29.4 Å². The van der Waals surface area contributed by atoms with E-state index < -0.39 is 20.1 Å². The summed E-state index contributed by atoms with van der Waals surface area (Å²) in [5, 5.41) is 4.41. The predicted molar refractivity (Wildman–Crippen MR) is 441 cm³/mol. The molecular weight excluding hydrogens is 1320 g/mol. The summed E-state index contributed by atoms with van der Waals surface area (Å²) in [6.45, 7) is 0. The van der Waals surface area contributed by atoms with Gasteiger partial charge in [-0.15, -0.1) is 20.1 Å². The molecular formula is C99H69N5S2. The van der Waals surface area contributed by atoms with Crippen molar-refractivity contribution in [2.24, 2.45) is 0 Å². The molecule has 7 heteroatoms. The molecule has 0 N–H and O–H groups in total. The lowest BCUT2D eigenvalue weighted by atomic mass is 10.0. The number of aromatic nitrogens is 5. The van der Waals surface area contributed by atoms with Crippen LogP contribution in [0.4, 0.5) is 0 Å². The van der Waals surface area contributed by atoms with Gasteiger partial charge in [0.2, 0.25) is 11.9 Å². The van der Waals surface area contributed by atoms with Crippen LogP contribution in [0.5, 0.6) is 0 Å². The summed E-state index contributed by atoms with van der Waals surface area (Å²) in [4.78, 5) is 27.1. The molecule has 0 aliphatic carbocycles. The van der Waals surface area contributed by atoms with E-state index in [1.54, 1.807) is 0 Å². The van der Waals surface area contributed by atoms with E-state index in [4.69, 9.17) is 15.0 Å². The molecule has 5 nitrogen and oxygen atoms in total. The lowest BCUT2D eigenvalue weighted by Gasteiger charge is -2.46. The highest BCUT2D eigenvalue weighted by Gasteiger charge is 2.40. The molecule has 0 atom stereocenters. The predicted octanol–water partition coefficient (Wildman–Crippen LogP) is 26.7. The fourth-order valence-electron chi connectivity index (χ4n) is 15.7. The minimum absolute atomic E-state index is 0.494. The standard InChI is InChI=1S/C99H69N5S2/c1-8-32-70(33-9-1)75-42-28-50-83(62-75)105(81-46-18-6-19-47-81,84-51-29-43-76(63-84)71-34-10-2-11-35-71)87-66-80(67-88(69-87)106(82-48-20-7-21-49-82,85-52-30-44-77(64-85)72-36-12-3-13-37-72)86-53-31-45-78(65-86)73-38-14-4-15-39-73)97-100-98(103-93-57-25-22-54-89(93)90-55-23-26-58-94(90)103)102-99(101-97)104-95-59-27-24-56-91(95)92-68-79(60-61-96(92)104)74-40-16-5-17-41-74/h1-69H. The van der Waals surface area contributed by atoms with E-state index in [9.17, 15) is 0 Å². The Bertz CT molecular complexity index is 5990. The first-order valence-electron chi connectivity index (χ1n) is 35.9. The van der Waals surface area contributed by atoms with Gasteiger partial charge in [0.25, 0.3) is 0 Å². The molecule has 0 radical (unpaired) electrons. The van der Waals surface area contributed by atoms with Crippen LogP contribution in [-0.2, 0) is 0 Å². The fourth-order valence-corrected chi connectivity index (χ4v) is 23.8. The van der Waals surface area contributed by atoms with Gasteiger partial charge in [0.1, 0.15) is 0 Å². The first-order chi connectivity index (χ1) is 52.5. The maximum atomic E-state index is 6.04. The second kappa shape index (κ2) is 27.2. The Kier molecular flexibility index (Phi) is 16.4. The minimum Gasteiger partial charge on any atom is -0.278 e. The van der Waals surface area contributed by atoms with Gasteiger partial charge in [0.05, 0.1) is 22.1 Å². The first kappa shape index (κ1) is 63.7. The molecule has 0 saturated carbocycles. The zero-order chi connectivity index (χ0) is 70.4. The van der Waals surface area contributed by atoms with Crippen molar-refractivity contribution in [2.75, 3.05) is 0 Å². The third-order valence-electron chi connectivity index (χ3n) is 20.6. The van der Waals surface area contributed by atoms with Crippen LogP contribution in [0, 0.1) is 0 Å². The fraction of sp³-hybridized carbons (Fsp3) is 0. The van der Waals surface area contributed by atoms with Crippen LogP contribution in [0.3, 0.4) is 0 Å². The number of hydrogen-bond donors (Lipinski definition) is 0. The third kappa shape index (κ3) is 11.1. The maximum Gasteiger partial charge on any atom is 0.240 e. The molecule has 16 aromatic carbocycles. The Morgan fingerprint density at radius 1 is 0.160 bits per heavy atom. The van der Waals surface area contributed by atoms with E-state index in [-0.39, 0.29) is 0 Å². The number of fused-ring (bicyclic) bond motifs is 6. The van der Waals surface area contributed by atoms with Gasteiger partial charge in [0, 0.05) is 66.3 Å². The molecule has 502 valence electrons. The third-order valence-corrected chi connectivity index (χ3v) is 28.3. The normalized spacial score (nSPS) is 12.1. The Morgan fingerprint density at radius 2 is 0.415 bits per heavy atom. The van der Waals surface area contributed by atoms with Crippen LogP contribution in [0.1, 0.15) is 0 Å². The molecule has 0 aliphatic rings. The van der Waals surface area contributed by atoms with Crippen LogP contribution in [-0.4, -0.2) is 24.1 Å². The average molecular weight is 1390 g/mol. The molecule has 19 aromatic rings. The van der Waals surface area contributed by atoms with Gasteiger partial charge in [-0.25, -0.2) is 0 Å². The molecule has 19 rings (SSSR count). The van der Waals surface area contributed by atoms with Crippen LogP contribution in [0.15, 0.2) is 458 Å². The van der Waals surface area contributed by atoms with Crippen molar-refractivity contribution in [2.45, 2.75) is 39.2 Å². The van der Waals surface area contributed by atoms with E-state index in [0.29, 0.717) is 17.7 Å². The maximum absolute atomic E-state index is 6.04. The quantitative estimate of drug-likeness (QED) is 0.0969. The molecule has 3 heterocycles. The van der Waals surface area contributed by atoms with Crippen molar-refractivity contribution in [1.29, 1.82) is 0 Å². The van der Waals surface area contributed by atoms with Gasteiger partial charge in [0.15, 0.2) is 5.82 Å². The van der Waals surface area contributed by atoms with Crippen molar-refractivity contribution in [3.8, 4) is 78.9 Å². The zero-order valence-electron chi connectivity index (χ0n) is 57.9. The van der Waals surface area contributed by atoms with Crippen molar-refractivity contribution < 1.29 is 0 Å². The molecule has 0 aliphatic heterocycles. The van der Waals surface area contributed by atoms with E-state index in [0.717, 1.165) is 115 Å². The van der Waals surface area contributed by atoms with Gasteiger partial charge in [-0.2, -0.15) is 15.0 Å². The van der Waals surface area contributed by atoms with Crippen molar-refractivity contribution in [1.82, 2.24) is 24.1 Å². The second-order valence-electron chi connectivity index (χ2n) is 26.7. The van der Waals surface area contributed by atoms with Gasteiger partial charge in [-0.3, -0.25) is 9.13 Å². The van der Waals surface area contributed by atoms with E-state index in [2.05, 4.69) is 428 Å².